The van der Waals surface area contributed by atoms with Crippen molar-refractivity contribution in [3.05, 3.63) is 6.92 Å². The fourth-order valence-electron chi connectivity index (χ4n) is 0.230. The Morgan fingerprint density at radius 1 is 1.67 bits per heavy atom. The number of hydrogen-bond donors (Lipinski definition) is 0. The van der Waals surface area contributed by atoms with Gasteiger partial charge in [-0.2, -0.15) is 0 Å². The van der Waals surface area contributed by atoms with E-state index in [-0.39, 0.29) is 21.1 Å². The molecule has 0 aromatic heterocycles. The molecule has 2 unspecified atom stereocenters. The fourth-order valence-corrected chi connectivity index (χ4v) is 0.230. The molecular formula is C4H7MoO-. The molecule has 0 aromatic rings. The van der Waals surface area contributed by atoms with E-state index in [1.807, 2.05) is 6.92 Å². The Balaban J connectivity index is 0.000000250. The Hall–Kier alpha value is 0.648. The molecule has 1 saturated heterocycles. The van der Waals surface area contributed by atoms with Crippen LogP contribution in [0.25, 0.3) is 0 Å². The summed E-state index contributed by atoms with van der Waals surface area (Å²) in [5.74, 6) is 0. The molecule has 0 amide bonds. The molecule has 0 aliphatic carbocycles. The van der Waals surface area contributed by atoms with E-state index in [2.05, 4.69) is 6.92 Å². The molecule has 0 bridgehead atoms. The first-order valence-corrected chi connectivity index (χ1v) is 1.79. The summed E-state index contributed by atoms with van der Waals surface area (Å²) < 4.78 is 4.81. The average Bonchev–Trinajstić information content (AvgIpc) is 1.79. The fraction of sp³-hybridized carbons (Fsp3) is 0.750. The normalized spacial score (nSPS) is 41.0. The van der Waals surface area contributed by atoms with Gasteiger partial charge in [0.25, 0.3) is 0 Å². The van der Waals surface area contributed by atoms with Crippen molar-refractivity contribution in [2.45, 2.75) is 19.1 Å². The molecule has 2 atom stereocenters. The standard InChI is InChI=1S/C4H7O.Mo/c1-3-4(2)5-3;/h3-4H,1H2,2H3;/q-1;. The van der Waals surface area contributed by atoms with E-state index < -0.39 is 0 Å². The van der Waals surface area contributed by atoms with Gasteiger partial charge in [0.15, 0.2) is 0 Å². The van der Waals surface area contributed by atoms with E-state index in [0.717, 1.165) is 0 Å². The van der Waals surface area contributed by atoms with Crippen molar-refractivity contribution >= 4 is 0 Å². The summed E-state index contributed by atoms with van der Waals surface area (Å²) in [6.45, 7) is 5.62. The summed E-state index contributed by atoms with van der Waals surface area (Å²) in [7, 11) is 0. The van der Waals surface area contributed by atoms with Crippen LogP contribution in [0.3, 0.4) is 0 Å². The smallest absolute Gasteiger partial charge is 0.0496 e. The van der Waals surface area contributed by atoms with Crippen LogP contribution in [0.1, 0.15) is 6.92 Å². The van der Waals surface area contributed by atoms with Crippen molar-refractivity contribution < 1.29 is 25.8 Å². The van der Waals surface area contributed by atoms with Crippen molar-refractivity contribution in [3.8, 4) is 0 Å². The van der Waals surface area contributed by atoms with E-state index in [1.165, 1.54) is 0 Å². The van der Waals surface area contributed by atoms with Crippen molar-refractivity contribution in [2.24, 2.45) is 0 Å². The molecule has 0 radical (unpaired) electrons. The van der Waals surface area contributed by atoms with E-state index in [1.54, 1.807) is 0 Å². The molecule has 1 fully saturated rings. The predicted octanol–water partition coefficient (Wildman–Crippen LogP) is 0.605. The number of ether oxygens (including phenoxy) is 1. The summed E-state index contributed by atoms with van der Waals surface area (Å²) in [6, 6.07) is 0. The Bertz CT molecular complexity index is 40.8. The summed E-state index contributed by atoms with van der Waals surface area (Å²) >= 11 is 0. The molecule has 0 aromatic carbocycles. The van der Waals surface area contributed by atoms with Crippen LogP contribution in [0.4, 0.5) is 0 Å². The molecule has 1 nitrogen and oxygen atoms in total. The van der Waals surface area contributed by atoms with Crippen LogP contribution in [0.2, 0.25) is 0 Å². The Kier molecular flexibility index (Phi) is 2.31. The summed E-state index contributed by atoms with van der Waals surface area (Å²) in [4.78, 5) is 0. The quantitative estimate of drug-likeness (QED) is 0.292. The van der Waals surface area contributed by atoms with Crippen LogP contribution in [0.15, 0.2) is 0 Å². The molecule has 1 aliphatic rings. The molecule has 0 saturated carbocycles. The third kappa shape index (κ3) is 1.40. The van der Waals surface area contributed by atoms with Crippen LogP contribution >= 0.6 is 0 Å². The van der Waals surface area contributed by atoms with E-state index in [0.29, 0.717) is 12.2 Å². The second-order valence-electron chi connectivity index (χ2n) is 1.38. The van der Waals surface area contributed by atoms with Gasteiger partial charge >= 0.3 is 0 Å². The van der Waals surface area contributed by atoms with Crippen LogP contribution in [0, 0.1) is 6.92 Å². The SMILES string of the molecule is [CH2-]C1OC1C.[Mo]. The van der Waals surface area contributed by atoms with Crippen molar-refractivity contribution in [1.29, 1.82) is 0 Å². The maximum Gasteiger partial charge on any atom is 0.0496 e. The zero-order chi connectivity index (χ0) is 3.86. The van der Waals surface area contributed by atoms with Crippen LogP contribution < -0.4 is 0 Å². The Morgan fingerprint density at radius 3 is 1.83 bits per heavy atom. The maximum absolute atomic E-state index is 4.81. The molecule has 1 heterocycles. The molecule has 0 N–H and O–H groups in total. The van der Waals surface area contributed by atoms with E-state index >= 15 is 0 Å². The van der Waals surface area contributed by atoms with Crippen molar-refractivity contribution in [3.63, 3.8) is 0 Å². The first kappa shape index (κ1) is 6.65. The van der Waals surface area contributed by atoms with E-state index in [4.69, 9.17) is 4.74 Å². The molecule has 36 valence electrons. The molecule has 2 heteroatoms. The van der Waals surface area contributed by atoms with E-state index in [9.17, 15) is 0 Å². The van der Waals surface area contributed by atoms with Crippen LogP contribution in [0.5, 0.6) is 0 Å². The van der Waals surface area contributed by atoms with Gasteiger partial charge in [-0.25, -0.2) is 0 Å². The van der Waals surface area contributed by atoms with Crippen LogP contribution in [-0.2, 0) is 25.8 Å². The molecule has 0 spiro atoms. The topological polar surface area (TPSA) is 12.5 Å². The zero-order valence-corrected chi connectivity index (χ0v) is 5.69. The number of rotatable bonds is 0. The number of hydrogen-bond acceptors (Lipinski definition) is 1. The minimum atomic E-state index is 0. The monoisotopic (exact) mass is 169 g/mol. The second kappa shape index (κ2) is 2.09. The molecule has 1 aliphatic heterocycles. The summed E-state index contributed by atoms with van der Waals surface area (Å²) in [5.41, 5.74) is 0. The predicted molar refractivity (Wildman–Crippen MR) is 19.7 cm³/mol. The van der Waals surface area contributed by atoms with Gasteiger partial charge in [-0.05, 0) is 13.0 Å². The minimum Gasteiger partial charge on any atom is -0.405 e. The largest absolute Gasteiger partial charge is 0.405 e. The maximum atomic E-state index is 4.81. The summed E-state index contributed by atoms with van der Waals surface area (Å²) in [6.07, 6.45) is 0.741. The van der Waals surface area contributed by atoms with Gasteiger partial charge in [0.05, 0.1) is 0 Å². The third-order valence-corrected chi connectivity index (χ3v) is 0.836. The van der Waals surface area contributed by atoms with Gasteiger partial charge < -0.3 is 11.7 Å². The van der Waals surface area contributed by atoms with Gasteiger partial charge in [0.1, 0.15) is 0 Å². The van der Waals surface area contributed by atoms with Gasteiger partial charge in [-0.1, -0.05) is 0 Å². The third-order valence-electron chi connectivity index (χ3n) is 0.836. The molecule has 1 rings (SSSR count). The van der Waals surface area contributed by atoms with Gasteiger partial charge in [0.2, 0.25) is 0 Å². The van der Waals surface area contributed by atoms with Gasteiger partial charge in [0, 0.05) is 27.2 Å². The molecular weight excluding hydrogens is 160 g/mol. The van der Waals surface area contributed by atoms with Crippen molar-refractivity contribution in [1.82, 2.24) is 0 Å². The number of epoxide rings is 1. The minimum absolute atomic E-state index is 0. The van der Waals surface area contributed by atoms with Crippen LogP contribution in [-0.4, -0.2) is 12.2 Å². The second-order valence-corrected chi connectivity index (χ2v) is 1.38. The van der Waals surface area contributed by atoms with Gasteiger partial charge in [-0.3, -0.25) is 0 Å². The van der Waals surface area contributed by atoms with Crippen molar-refractivity contribution in [2.75, 3.05) is 0 Å². The first-order valence-electron chi connectivity index (χ1n) is 1.79. The average molecular weight is 167 g/mol. The van der Waals surface area contributed by atoms with Gasteiger partial charge in [-0.15, -0.1) is 0 Å². The first-order chi connectivity index (χ1) is 2.30. The summed E-state index contributed by atoms with van der Waals surface area (Å²) in [5, 5.41) is 0. The molecule has 6 heavy (non-hydrogen) atoms. The zero-order valence-electron chi connectivity index (χ0n) is 3.68. The Labute approximate surface area is 52.3 Å². The Morgan fingerprint density at radius 2 is 1.83 bits per heavy atom.